The van der Waals surface area contributed by atoms with Crippen LogP contribution in [0, 0.1) is 10.1 Å². The number of carbonyl (C=O) groups is 1. The summed E-state index contributed by atoms with van der Waals surface area (Å²) < 4.78 is 0. The minimum absolute atomic E-state index is 0.116. The molecule has 0 aliphatic heterocycles. The van der Waals surface area contributed by atoms with Crippen molar-refractivity contribution < 1.29 is 19.8 Å². The molecule has 0 bridgehead atoms. The molecule has 1 N–H and O–H groups in total. The SMILES string of the molecule is CC(CCC(=O)O)O[N+](=O)[O-]. The van der Waals surface area contributed by atoms with Crippen molar-refractivity contribution in [1.82, 2.24) is 0 Å². The quantitative estimate of drug-likeness (QED) is 0.469. The number of hydrogen-bond donors (Lipinski definition) is 1. The van der Waals surface area contributed by atoms with E-state index in [1.807, 2.05) is 0 Å². The molecule has 6 heteroatoms. The van der Waals surface area contributed by atoms with Crippen LogP contribution in [-0.2, 0) is 9.63 Å². The number of aliphatic carboxylic acids is 1. The summed E-state index contributed by atoms with van der Waals surface area (Å²) in [5, 5.41) is 16.9. The van der Waals surface area contributed by atoms with Crippen LogP contribution in [0.4, 0.5) is 0 Å². The van der Waals surface area contributed by atoms with Crippen LogP contribution in [0.3, 0.4) is 0 Å². The first-order valence-corrected chi connectivity index (χ1v) is 3.05. The largest absolute Gasteiger partial charge is 0.481 e. The molecule has 0 aromatic heterocycles. The minimum Gasteiger partial charge on any atom is -0.481 e. The lowest BCUT2D eigenvalue weighted by atomic mass is 10.2. The van der Waals surface area contributed by atoms with Crippen LogP contribution in [0.1, 0.15) is 19.8 Å². The lowest BCUT2D eigenvalue weighted by Gasteiger charge is -2.05. The number of carboxylic acids is 1. The summed E-state index contributed by atoms with van der Waals surface area (Å²) in [6, 6.07) is 0. The second-order valence-electron chi connectivity index (χ2n) is 2.07. The van der Waals surface area contributed by atoms with Crippen molar-refractivity contribution in [3.63, 3.8) is 0 Å². The van der Waals surface area contributed by atoms with Crippen molar-refractivity contribution in [3.8, 4) is 0 Å². The van der Waals surface area contributed by atoms with Gasteiger partial charge in [-0.1, -0.05) is 0 Å². The van der Waals surface area contributed by atoms with Gasteiger partial charge in [-0.15, -0.1) is 10.1 Å². The normalized spacial score (nSPS) is 12.1. The lowest BCUT2D eigenvalue weighted by Crippen LogP contribution is -2.14. The van der Waals surface area contributed by atoms with Gasteiger partial charge in [0.1, 0.15) is 6.10 Å². The predicted octanol–water partition coefficient (Wildman–Crippen LogP) is 0.448. The van der Waals surface area contributed by atoms with Crippen LogP contribution in [0.5, 0.6) is 0 Å². The summed E-state index contributed by atoms with van der Waals surface area (Å²) in [6.07, 6.45) is -0.619. The van der Waals surface area contributed by atoms with Crippen LogP contribution in [0.2, 0.25) is 0 Å². The van der Waals surface area contributed by atoms with Gasteiger partial charge in [0, 0.05) is 6.42 Å². The zero-order chi connectivity index (χ0) is 8.85. The summed E-state index contributed by atoms with van der Waals surface area (Å²) >= 11 is 0. The maximum atomic E-state index is 9.96. The average Bonchev–Trinajstić information content (AvgIpc) is 1.82. The molecule has 0 heterocycles. The fourth-order valence-corrected chi connectivity index (χ4v) is 0.526. The van der Waals surface area contributed by atoms with E-state index < -0.39 is 17.2 Å². The van der Waals surface area contributed by atoms with E-state index >= 15 is 0 Å². The molecule has 64 valence electrons. The number of rotatable bonds is 5. The Morgan fingerprint density at radius 3 is 2.73 bits per heavy atom. The zero-order valence-corrected chi connectivity index (χ0v) is 6.02. The van der Waals surface area contributed by atoms with Crippen molar-refractivity contribution in [2.75, 3.05) is 0 Å². The van der Waals surface area contributed by atoms with E-state index in [0.29, 0.717) is 0 Å². The van der Waals surface area contributed by atoms with Crippen molar-refractivity contribution in [2.45, 2.75) is 25.9 Å². The van der Waals surface area contributed by atoms with Gasteiger partial charge in [-0.2, -0.15) is 0 Å². The molecule has 0 saturated heterocycles. The smallest absolute Gasteiger partial charge is 0.303 e. The highest BCUT2D eigenvalue weighted by Gasteiger charge is 2.08. The van der Waals surface area contributed by atoms with Gasteiger partial charge in [-0.3, -0.25) is 4.79 Å². The lowest BCUT2D eigenvalue weighted by molar-refractivity contribution is -0.767. The highest BCUT2D eigenvalue weighted by Crippen LogP contribution is 2.00. The van der Waals surface area contributed by atoms with E-state index in [1.54, 1.807) is 0 Å². The van der Waals surface area contributed by atoms with Gasteiger partial charge in [-0.05, 0) is 13.3 Å². The zero-order valence-electron chi connectivity index (χ0n) is 6.02. The van der Waals surface area contributed by atoms with E-state index in [-0.39, 0.29) is 12.8 Å². The maximum absolute atomic E-state index is 9.96. The van der Waals surface area contributed by atoms with Crippen LogP contribution in [0.25, 0.3) is 0 Å². The second-order valence-corrected chi connectivity index (χ2v) is 2.07. The van der Waals surface area contributed by atoms with E-state index in [2.05, 4.69) is 4.84 Å². The van der Waals surface area contributed by atoms with Crippen LogP contribution in [-0.4, -0.2) is 22.3 Å². The van der Waals surface area contributed by atoms with Crippen molar-refractivity contribution in [3.05, 3.63) is 10.1 Å². The fraction of sp³-hybridized carbons (Fsp3) is 0.800. The molecule has 0 aromatic rings. The first-order chi connectivity index (χ1) is 5.02. The van der Waals surface area contributed by atoms with E-state index in [4.69, 9.17) is 5.11 Å². The van der Waals surface area contributed by atoms with Crippen molar-refractivity contribution in [2.24, 2.45) is 0 Å². The third kappa shape index (κ3) is 6.56. The van der Waals surface area contributed by atoms with Crippen LogP contribution < -0.4 is 0 Å². The van der Waals surface area contributed by atoms with Crippen LogP contribution >= 0.6 is 0 Å². The monoisotopic (exact) mass is 163 g/mol. The molecule has 0 aliphatic rings. The fourth-order valence-electron chi connectivity index (χ4n) is 0.526. The molecular weight excluding hydrogens is 154 g/mol. The average molecular weight is 163 g/mol. The molecule has 0 aliphatic carbocycles. The molecule has 0 fully saturated rings. The predicted molar refractivity (Wildman–Crippen MR) is 34.4 cm³/mol. The van der Waals surface area contributed by atoms with Gasteiger partial charge in [-0.25, -0.2) is 0 Å². The van der Waals surface area contributed by atoms with E-state index in [9.17, 15) is 14.9 Å². The summed E-state index contributed by atoms with van der Waals surface area (Å²) in [6.45, 7) is 1.45. The Labute approximate surface area is 62.9 Å². The topological polar surface area (TPSA) is 89.7 Å². The summed E-state index contributed by atoms with van der Waals surface area (Å²) in [4.78, 5) is 23.7. The molecule has 0 radical (unpaired) electrons. The maximum Gasteiger partial charge on any atom is 0.303 e. The Morgan fingerprint density at radius 1 is 1.82 bits per heavy atom. The third-order valence-corrected chi connectivity index (χ3v) is 1.03. The number of nitrogens with zero attached hydrogens (tertiary/aromatic N) is 1. The molecule has 11 heavy (non-hydrogen) atoms. The molecule has 1 unspecified atom stereocenters. The van der Waals surface area contributed by atoms with Crippen molar-refractivity contribution >= 4 is 5.97 Å². The van der Waals surface area contributed by atoms with Gasteiger partial charge in [0.05, 0.1) is 0 Å². The second kappa shape index (κ2) is 4.48. The Balaban J connectivity index is 3.44. The van der Waals surface area contributed by atoms with Crippen molar-refractivity contribution in [1.29, 1.82) is 0 Å². The molecule has 0 saturated carbocycles. The Morgan fingerprint density at radius 2 is 2.36 bits per heavy atom. The van der Waals surface area contributed by atoms with E-state index in [1.165, 1.54) is 6.92 Å². The Hall–Kier alpha value is -1.33. The van der Waals surface area contributed by atoms with Gasteiger partial charge < -0.3 is 9.94 Å². The Bertz CT molecular complexity index is 157. The molecule has 6 nitrogen and oxygen atoms in total. The number of hydrogen-bond acceptors (Lipinski definition) is 4. The van der Waals surface area contributed by atoms with Crippen LogP contribution in [0.15, 0.2) is 0 Å². The highest BCUT2D eigenvalue weighted by molar-refractivity contribution is 5.66. The molecular formula is C5H9NO5. The number of carboxylic acid groups (broad SMARTS) is 1. The Kier molecular flexibility index (Phi) is 3.94. The third-order valence-electron chi connectivity index (χ3n) is 1.03. The molecule has 1 atom stereocenters. The molecule has 0 rings (SSSR count). The molecule has 0 amide bonds. The summed E-state index contributed by atoms with van der Waals surface area (Å²) in [7, 11) is 0. The molecule has 0 spiro atoms. The standard InChI is InChI=1S/C5H9NO5/c1-4(11-6(9)10)2-3-5(7)8/h4H,2-3H2,1H3,(H,7,8). The minimum atomic E-state index is -0.983. The van der Waals surface area contributed by atoms with Gasteiger partial charge >= 0.3 is 5.97 Å². The highest BCUT2D eigenvalue weighted by atomic mass is 17.0. The van der Waals surface area contributed by atoms with Gasteiger partial charge in [0.15, 0.2) is 0 Å². The summed E-state index contributed by atoms with van der Waals surface area (Å²) in [5.41, 5.74) is 0. The first kappa shape index (κ1) is 9.67. The molecule has 0 aromatic carbocycles. The van der Waals surface area contributed by atoms with E-state index in [0.717, 1.165) is 0 Å². The van der Waals surface area contributed by atoms with Gasteiger partial charge in [0.25, 0.3) is 5.09 Å². The summed E-state index contributed by atoms with van der Waals surface area (Å²) in [5.74, 6) is -0.983. The van der Waals surface area contributed by atoms with Gasteiger partial charge in [0.2, 0.25) is 0 Å². The first-order valence-electron chi connectivity index (χ1n) is 3.05.